The van der Waals surface area contributed by atoms with Gasteiger partial charge in [-0.15, -0.1) is 0 Å². The van der Waals surface area contributed by atoms with E-state index in [1.807, 2.05) is 0 Å². The fraction of sp³-hybridized carbons (Fsp3) is 0. The second-order valence-electron chi connectivity index (χ2n) is 2.93. The average Bonchev–Trinajstić information content (AvgIpc) is 2.25. The van der Waals surface area contributed by atoms with E-state index in [-0.39, 0.29) is 0 Å². The highest BCUT2D eigenvalue weighted by Gasteiger charge is 2.30. The number of benzene rings is 1. The first-order valence-electron chi connectivity index (χ1n) is 3.96. The maximum Gasteiger partial charge on any atom is 0.320 e. The standard InChI is InChI=1S/C6H4IN3O7S/c7-17-6-4(10(13)14)1-3(9(11)12)2-5(6)18(8,15)16/h1-2H,(H2,8,15,16). The molecule has 0 unspecified atom stereocenters. The normalized spacial score (nSPS) is 11.0. The van der Waals surface area contributed by atoms with Gasteiger partial charge in [0.1, 0.15) is 4.90 Å². The second kappa shape index (κ2) is 4.99. The van der Waals surface area contributed by atoms with Crippen molar-refractivity contribution in [1.82, 2.24) is 0 Å². The van der Waals surface area contributed by atoms with Crippen molar-refractivity contribution >= 4 is 44.4 Å². The molecule has 2 N–H and O–H groups in total. The lowest BCUT2D eigenvalue weighted by molar-refractivity contribution is -0.394. The molecule has 0 heterocycles. The lowest BCUT2D eigenvalue weighted by Gasteiger charge is -2.05. The van der Waals surface area contributed by atoms with Crippen LogP contribution in [0.5, 0.6) is 5.75 Å². The molecule has 0 saturated heterocycles. The Morgan fingerprint density at radius 1 is 1.22 bits per heavy atom. The molecule has 10 nitrogen and oxygen atoms in total. The summed E-state index contributed by atoms with van der Waals surface area (Å²) in [4.78, 5) is 18.5. The van der Waals surface area contributed by atoms with Crippen LogP contribution in [0.2, 0.25) is 0 Å². The Hall–Kier alpha value is -1.54. The molecule has 1 aromatic rings. The zero-order valence-corrected chi connectivity index (χ0v) is 11.2. The summed E-state index contributed by atoms with van der Waals surface area (Å²) in [5, 5.41) is 26.1. The van der Waals surface area contributed by atoms with Crippen molar-refractivity contribution in [3.05, 3.63) is 32.4 Å². The fourth-order valence-electron chi connectivity index (χ4n) is 1.10. The van der Waals surface area contributed by atoms with Crippen LogP contribution >= 0.6 is 23.0 Å². The molecule has 0 radical (unpaired) electrons. The number of nitro benzene ring substituents is 2. The number of non-ortho nitro benzene ring substituents is 1. The SMILES string of the molecule is NS(=O)(=O)c1cc([N+](=O)[O-])cc([N+](=O)[O-])c1OI. The van der Waals surface area contributed by atoms with Gasteiger partial charge < -0.3 is 3.07 Å². The van der Waals surface area contributed by atoms with E-state index < -0.39 is 41.9 Å². The van der Waals surface area contributed by atoms with Gasteiger partial charge in [-0.05, 0) is 0 Å². The zero-order chi connectivity index (χ0) is 14.1. The van der Waals surface area contributed by atoms with Crippen LogP contribution < -0.4 is 8.21 Å². The first kappa shape index (κ1) is 14.5. The first-order valence-corrected chi connectivity index (χ1v) is 6.39. The number of nitrogens with two attached hydrogens (primary N) is 1. The molecular weight excluding hydrogens is 385 g/mol. The zero-order valence-electron chi connectivity index (χ0n) is 8.27. The molecule has 18 heavy (non-hydrogen) atoms. The van der Waals surface area contributed by atoms with E-state index in [4.69, 9.17) is 5.14 Å². The van der Waals surface area contributed by atoms with E-state index in [0.29, 0.717) is 12.1 Å². The van der Waals surface area contributed by atoms with Crippen LogP contribution in [0.25, 0.3) is 0 Å². The quantitative estimate of drug-likeness (QED) is 0.455. The third-order valence-electron chi connectivity index (χ3n) is 1.81. The molecular formula is C6H4IN3O7S. The number of nitro groups is 2. The summed E-state index contributed by atoms with van der Waals surface area (Å²) < 4.78 is 27.0. The maximum atomic E-state index is 11.2. The van der Waals surface area contributed by atoms with Crippen LogP contribution in [0.3, 0.4) is 0 Å². The highest BCUT2D eigenvalue weighted by atomic mass is 127. The average molecular weight is 389 g/mol. The van der Waals surface area contributed by atoms with Crippen molar-refractivity contribution in [2.24, 2.45) is 5.14 Å². The van der Waals surface area contributed by atoms with Gasteiger partial charge in [-0.25, -0.2) is 13.6 Å². The van der Waals surface area contributed by atoms with E-state index in [0.717, 1.165) is 0 Å². The van der Waals surface area contributed by atoms with E-state index in [1.165, 1.54) is 23.0 Å². The second-order valence-corrected chi connectivity index (χ2v) is 4.90. The fourth-order valence-corrected chi connectivity index (χ4v) is 2.41. The molecule has 0 aliphatic heterocycles. The lowest BCUT2D eigenvalue weighted by Crippen LogP contribution is -2.14. The Kier molecular flexibility index (Phi) is 4.02. The summed E-state index contributed by atoms with van der Waals surface area (Å²) in [5.41, 5.74) is -1.63. The minimum absolute atomic E-state index is 0.586. The van der Waals surface area contributed by atoms with Gasteiger partial charge in [-0.3, -0.25) is 20.2 Å². The number of hydrogen-bond donors (Lipinski definition) is 1. The smallest absolute Gasteiger partial charge is 0.320 e. The number of sulfonamides is 1. The van der Waals surface area contributed by atoms with Crippen LogP contribution in [-0.2, 0) is 10.0 Å². The van der Waals surface area contributed by atoms with Crippen molar-refractivity contribution in [3.8, 4) is 5.75 Å². The Morgan fingerprint density at radius 3 is 2.11 bits per heavy atom. The predicted molar refractivity (Wildman–Crippen MR) is 65.8 cm³/mol. The van der Waals surface area contributed by atoms with Crippen molar-refractivity contribution in [1.29, 1.82) is 0 Å². The van der Waals surface area contributed by atoms with E-state index in [2.05, 4.69) is 3.07 Å². The summed E-state index contributed by atoms with van der Waals surface area (Å²) in [6, 6.07) is 1.18. The molecule has 0 aliphatic rings. The monoisotopic (exact) mass is 389 g/mol. The highest BCUT2D eigenvalue weighted by molar-refractivity contribution is 14.1. The number of nitrogens with zero attached hydrogens (tertiary/aromatic N) is 2. The number of halogens is 1. The molecule has 0 amide bonds. The predicted octanol–water partition coefficient (Wildman–Crippen LogP) is 0.879. The molecule has 98 valence electrons. The molecule has 0 aromatic heterocycles. The van der Waals surface area contributed by atoms with Crippen LogP contribution in [-0.4, -0.2) is 18.3 Å². The summed E-state index contributed by atoms with van der Waals surface area (Å²) in [7, 11) is -4.40. The van der Waals surface area contributed by atoms with E-state index >= 15 is 0 Å². The lowest BCUT2D eigenvalue weighted by atomic mass is 10.2. The molecule has 0 saturated carbocycles. The summed E-state index contributed by atoms with van der Waals surface area (Å²) in [6.45, 7) is 0. The molecule has 1 rings (SSSR count). The van der Waals surface area contributed by atoms with Crippen molar-refractivity contribution in [2.75, 3.05) is 0 Å². The van der Waals surface area contributed by atoms with Gasteiger partial charge in [0.15, 0.2) is 23.0 Å². The number of rotatable bonds is 4. The van der Waals surface area contributed by atoms with Crippen molar-refractivity contribution in [2.45, 2.75) is 4.90 Å². The molecule has 0 spiro atoms. The van der Waals surface area contributed by atoms with Crippen LogP contribution in [0.4, 0.5) is 11.4 Å². The molecule has 12 heteroatoms. The minimum Gasteiger partial charge on any atom is -0.419 e. The van der Waals surface area contributed by atoms with Gasteiger partial charge in [-0.1, -0.05) is 0 Å². The van der Waals surface area contributed by atoms with Crippen LogP contribution in [0.1, 0.15) is 0 Å². The van der Waals surface area contributed by atoms with Crippen molar-refractivity contribution < 1.29 is 21.3 Å². The van der Waals surface area contributed by atoms with Crippen LogP contribution in [0, 0.1) is 20.2 Å². The van der Waals surface area contributed by atoms with Gasteiger partial charge in [0.25, 0.3) is 5.69 Å². The summed E-state index contributed by atoms with van der Waals surface area (Å²) >= 11 is 1.21. The van der Waals surface area contributed by atoms with Crippen LogP contribution in [0.15, 0.2) is 17.0 Å². The Morgan fingerprint density at radius 2 is 1.78 bits per heavy atom. The summed E-state index contributed by atoms with van der Waals surface area (Å²) in [5.74, 6) is -0.659. The molecule has 0 bridgehead atoms. The minimum atomic E-state index is -4.40. The molecule has 0 atom stereocenters. The molecule has 1 aromatic carbocycles. The topological polar surface area (TPSA) is 156 Å². The van der Waals surface area contributed by atoms with Gasteiger partial charge in [0, 0.05) is 6.07 Å². The van der Waals surface area contributed by atoms with Gasteiger partial charge in [-0.2, -0.15) is 0 Å². The Labute approximate surface area is 114 Å². The maximum absolute atomic E-state index is 11.2. The highest BCUT2D eigenvalue weighted by Crippen LogP contribution is 2.38. The first-order chi connectivity index (χ1) is 8.18. The van der Waals surface area contributed by atoms with Gasteiger partial charge in [0.05, 0.1) is 15.9 Å². The largest absolute Gasteiger partial charge is 0.419 e. The third-order valence-corrected chi connectivity index (χ3v) is 3.17. The van der Waals surface area contributed by atoms with Gasteiger partial charge >= 0.3 is 5.69 Å². The van der Waals surface area contributed by atoms with Gasteiger partial charge in [0.2, 0.25) is 15.8 Å². The van der Waals surface area contributed by atoms with Crippen molar-refractivity contribution in [3.63, 3.8) is 0 Å². The Bertz CT molecular complexity index is 628. The Balaban J connectivity index is 3.78. The third kappa shape index (κ3) is 2.82. The molecule has 0 aliphatic carbocycles. The van der Waals surface area contributed by atoms with E-state index in [9.17, 15) is 28.6 Å². The number of primary sulfonamides is 1. The number of hydrogen-bond acceptors (Lipinski definition) is 7. The summed E-state index contributed by atoms with van der Waals surface area (Å²) in [6.07, 6.45) is 0. The van der Waals surface area contributed by atoms with E-state index in [1.54, 1.807) is 0 Å². The molecule has 0 fully saturated rings.